The van der Waals surface area contributed by atoms with Crippen LogP contribution < -0.4 is 5.48 Å². The Bertz CT molecular complexity index is 253. The van der Waals surface area contributed by atoms with Gasteiger partial charge in [-0.1, -0.05) is 26.2 Å². The first kappa shape index (κ1) is 12.1. The summed E-state index contributed by atoms with van der Waals surface area (Å²) < 4.78 is 0. The van der Waals surface area contributed by atoms with Gasteiger partial charge in [0.1, 0.15) is 0 Å². The zero-order valence-corrected chi connectivity index (χ0v) is 9.51. The molecule has 0 saturated heterocycles. The molecule has 0 unspecified atom stereocenters. The van der Waals surface area contributed by atoms with Crippen LogP contribution in [0.4, 0.5) is 0 Å². The Kier molecular flexibility index (Phi) is 5.87. The van der Waals surface area contributed by atoms with Crippen LogP contribution in [0.25, 0.3) is 0 Å². The number of rotatable bonds is 7. The first-order chi connectivity index (χ1) is 7.38. The summed E-state index contributed by atoms with van der Waals surface area (Å²) >= 11 is 0. The van der Waals surface area contributed by atoms with Gasteiger partial charge in [0, 0.05) is 0 Å². The van der Waals surface area contributed by atoms with Crippen molar-refractivity contribution in [1.82, 2.24) is 5.48 Å². The number of nitriles is 1. The number of nitrogens with zero attached hydrogens (tertiary/aromatic N) is 1. The van der Waals surface area contributed by atoms with E-state index in [0.717, 1.165) is 43.6 Å². The van der Waals surface area contributed by atoms with Gasteiger partial charge in [-0.05, 0) is 25.7 Å². The van der Waals surface area contributed by atoms with E-state index in [-0.39, 0.29) is 0 Å². The van der Waals surface area contributed by atoms with Crippen LogP contribution in [0.15, 0.2) is 11.3 Å². The van der Waals surface area contributed by atoms with Crippen molar-refractivity contribution in [1.29, 1.82) is 5.26 Å². The van der Waals surface area contributed by atoms with Crippen molar-refractivity contribution >= 4 is 0 Å². The highest BCUT2D eigenvalue weighted by Crippen LogP contribution is 2.22. The fraction of sp³-hybridized carbons (Fsp3) is 0.750. The molecule has 1 aliphatic rings. The molecule has 3 heteroatoms. The van der Waals surface area contributed by atoms with Gasteiger partial charge >= 0.3 is 0 Å². The number of allylic oxidation sites excluding steroid dienone is 2. The number of hydrogen-bond acceptors (Lipinski definition) is 3. The Morgan fingerprint density at radius 3 is 2.93 bits per heavy atom. The highest BCUT2D eigenvalue weighted by atomic mass is 16.6. The highest BCUT2D eigenvalue weighted by molar-refractivity contribution is 5.29. The van der Waals surface area contributed by atoms with Crippen molar-refractivity contribution < 1.29 is 4.84 Å². The van der Waals surface area contributed by atoms with Crippen LogP contribution in [0.3, 0.4) is 0 Å². The molecule has 0 atom stereocenters. The Labute approximate surface area is 92.1 Å². The van der Waals surface area contributed by atoms with E-state index in [9.17, 15) is 0 Å². The van der Waals surface area contributed by atoms with E-state index >= 15 is 0 Å². The SMILES string of the molecule is CCCCCCONC1=C(C#N)CCC1. The van der Waals surface area contributed by atoms with Gasteiger partial charge in [-0.25, -0.2) is 0 Å². The number of unbranched alkanes of at least 4 members (excludes halogenated alkanes) is 3. The Morgan fingerprint density at radius 2 is 2.20 bits per heavy atom. The van der Waals surface area contributed by atoms with Gasteiger partial charge in [0.15, 0.2) is 0 Å². The maximum absolute atomic E-state index is 8.81. The normalized spacial score (nSPS) is 15.5. The van der Waals surface area contributed by atoms with Crippen LogP contribution in [-0.2, 0) is 4.84 Å². The minimum Gasteiger partial charge on any atom is -0.276 e. The first-order valence-electron chi connectivity index (χ1n) is 5.88. The van der Waals surface area contributed by atoms with Crippen molar-refractivity contribution in [3.8, 4) is 6.07 Å². The first-order valence-corrected chi connectivity index (χ1v) is 5.88. The van der Waals surface area contributed by atoms with Crippen LogP contribution in [0, 0.1) is 11.3 Å². The Morgan fingerprint density at radius 1 is 1.33 bits per heavy atom. The van der Waals surface area contributed by atoms with Crippen molar-refractivity contribution in [3.63, 3.8) is 0 Å². The second-order valence-electron chi connectivity index (χ2n) is 3.93. The summed E-state index contributed by atoms with van der Waals surface area (Å²) in [5, 5.41) is 8.81. The van der Waals surface area contributed by atoms with E-state index in [1.165, 1.54) is 19.3 Å². The topological polar surface area (TPSA) is 45.0 Å². The van der Waals surface area contributed by atoms with Gasteiger partial charge in [-0.2, -0.15) is 5.26 Å². The smallest absolute Gasteiger partial charge is 0.0966 e. The molecule has 0 radical (unpaired) electrons. The molecule has 0 aromatic heterocycles. The lowest BCUT2D eigenvalue weighted by Crippen LogP contribution is -2.14. The number of hydroxylamine groups is 1. The molecular weight excluding hydrogens is 188 g/mol. The lowest BCUT2D eigenvalue weighted by molar-refractivity contribution is 0.0580. The monoisotopic (exact) mass is 208 g/mol. The van der Waals surface area contributed by atoms with Gasteiger partial charge in [0.25, 0.3) is 0 Å². The average Bonchev–Trinajstić information content (AvgIpc) is 2.70. The minimum atomic E-state index is 0.738. The molecule has 0 bridgehead atoms. The molecule has 0 amide bonds. The van der Waals surface area contributed by atoms with Crippen molar-refractivity contribution in [2.75, 3.05) is 6.61 Å². The molecule has 1 rings (SSSR count). The maximum Gasteiger partial charge on any atom is 0.0966 e. The standard InChI is InChI=1S/C12H20N2O/c1-2-3-4-5-9-15-14-12-8-6-7-11(12)10-13/h14H,2-9H2,1H3. The molecule has 0 fully saturated rings. The molecule has 0 aliphatic heterocycles. The quantitative estimate of drug-likeness (QED) is 0.516. The van der Waals surface area contributed by atoms with E-state index in [2.05, 4.69) is 18.5 Å². The summed E-state index contributed by atoms with van der Waals surface area (Å²) in [4.78, 5) is 5.34. The molecule has 0 spiro atoms. The van der Waals surface area contributed by atoms with Crippen LogP contribution >= 0.6 is 0 Å². The second kappa shape index (κ2) is 7.30. The fourth-order valence-electron chi connectivity index (χ4n) is 1.72. The number of hydrogen-bond donors (Lipinski definition) is 1. The molecule has 0 saturated carbocycles. The van der Waals surface area contributed by atoms with Crippen LogP contribution in [0.5, 0.6) is 0 Å². The summed E-state index contributed by atoms with van der Waals surface area (Å²) in [6.45, 7) is 2.93. The number of nitrogens with one attached hydrogen (secondary N) is 1. The highest BCUT2D eigenvalue weighted by Gasteiger charge is 2.13. The Hall–Kier alpha value is -1.01. The summed E-state index contributed by atoms with van der Waals surface area (Å²) in [6.07, 6.45) is 7.77. The molecular formula is C12H20N2O. The van der Waals surface area contributed by atoms with Crippen molar-refractivity contribution in [2.24, 2.45) is 0 Å². The summed E-state index contributed by atoms with van der Waals surface area (Å²) in [5.41, 5.74) is 4.77. The Balaban J connectivity index is 2.07. The average molecular weight is 208 g/mol. The van der Waals surface area contributed by atoms with Gasteiger partial charge in [-0.15, -0.1) is 0 Å². The lowest BCUT2D eigenvalue weighted by atomic mass is 10.2. The van der Waals surface area contributed by atoms with Crippen LogP contribution in [0.1, 0.15) is 51.9 Å². The van der Waals surface area contributed by atoms with E-state index in [1.54, 1.807) is 0 Å². The molecule has 0 aromatic carbocycles. The zero-order chi connectivity index (χ0) is 10.9. The van der Waals surface area contributed by atoms with Gasteiger partial charge < -0.3 is 0 Å². The van der Waals surface area contributed by atoms with Crippen molar-refractivity contribution in [3.05, 3.63) is 11.3 Å². The third-order valence-corrected chi connectivity index (χ3v) is 2.65. The van der Waals surface area contributed by atoms with E-state index in [0.29, 0.717) is 0 Å². The molecule has 1 aliphatic carbocycles. The predicted octanol–water partition coefficient (Wildman–Crippen LogP) is 3.05. The summed E-state index contributed by atoms with van der Waals surface area (Å²) in [7, 11) is 0. The second-order valence-corrected chi connectivity index (χ2v) is 3.93. The minimum absolute atomic E-state index is 0.738. The zero-order valence-electron chi connectivity index (χ0n) is 9.51. The summed E-state index contributed by atoms with van der Waals surface area (Å²) in [6, 6.07) is 2.21. The van der Waals surface area contributed by atoms with E-state index in [1.807, 2.05) is 0 Å². The van der Waals surface area contributed by atoms with Gasteiger partial charge in [0.05, 0.1) is 23.9 Å². The molecule has 0 heterocycles. The van der Waals surface area contributed by atoms with Crippen molar-refractivity contribution in [2.45, 2.75) is 51.9 Å². The van der Waals surface area contributed by atoms with E-state index < -0.39 is 0 Å². The molecule has 3 nitrogen and oxygen atoms in total. The molecule has 84 valence electrons. The maximum atomic E-state index is 8.81. The molecule has 15 heavy (non-hydrogen) atoms. The molecule has 1 N–H and O–H groups in total. The van der Waals surface area contributed by atoms with Gasteiger partial charge in [-0.3, -0.25) is 10.3 Å². The third-order valence-electron chi connectivity index (χ3n) is 2.65. The fourth-order valence-corrected chi connectivity index (χ4v) is 1.72. The van der Waals surface area contributed by atoms with Crippen LogP contribution in [0.2, 0.25) is 0 Å². The van der Waals surface area contributed by atoms with Gasteiger partial charge in [0.2, 0.25) is 0 Å². The summed E-state index contributed by atoms with van der Waals surface area (Å²) in [5.74, 6) is 0. The molecule has 0 aromatic rings. The third kappa shape index (κ3) is 4.35. The lowest BCUT2D eigenvalue weighted by Gasteiger charge is -2.07. The predicted molar refractivity (Wildman–Crippen MR) is 59.7 cm³/mol. The van der Waals surface area contributed by atoms with Crippen LogP contribution in [-0.4, -0.2) is 6.61 Å². The van der Waals surface area contributed by atoms with E-state index in [4.69, 9.17) is 10.1 Å². The largest absolute Gasteiger partial charge is 0.276 e.